The van der Waals surface area contributed by atoms with Crippen molar-refractivity contribution in [2.45, 2.75) is 19.8 Å². The Morgan fingerprint density at radius 2 is 2.10 bits per heavy atom. The lowest BCUT2D eigenvalue weighted by atomic mass is 10.1. The Hall–Kier alpha value is -2.14. The third kappa shape index (κ3) is 3.93. The molecule has 1 heterocycles. The first-order valence-electron chi connectivity index (χ1n) is 6.71. The predicted octanol–water partition coefficient (Wildman–Crippen LogP) is 2.68. The summed E-state index contributed by atoms with van der Waals surface area (Å²) in [6.07, 6.45) is 1.58. The lowest BCUT2D eigenvalue weighted by Crippen LogP contribution is -2.10. The highest BCUT2D eigenvalue weighted by Crippen LogP contribution is 2.21. The van der Waals surface area contributed by atoms with Crippen LogP contribution < -0.4 is 15.8 Å². The number of nitrogens with zero attached hydrogens (tertiary/aromatic N) is 2. The molecule has 0 saturated carbocycles. The van der Waals surface area contributed by atoms with E-state index in [-0.39, 0.29) is 0 Å². The zero-order valence-electron chi connectivity index (χ0n) is 11.8. The Kier molecular flexibility index (Phi) is 4.90. The largest absolute Gasteiger partial charge is 0.492 e. The van der Waals surface area contributed by atoms with Crippen LogP contribution in [0.2, 0.25) is 0 Å². The van der Waals surface area contributed by atoms with Gasteiger partial charge in [0.05, 0.1) is 0 Å². The van der Waals surface area contributed by atoms with E-state index < -0.39 is 0 Å². The van der Waals surface area contributed by atoms with Crippen molar-refractivity contribution in [2.24, 2.45) is 5.73 Å². The number of rotatable bonds is 6. The second kappa shape index (κ2) is 6.86. The third-order valence-corrected chi connectivity index (χ3v) is 2.77. The lowest BCUT2D eigenvalue weighted by Gasteiger charge is -2.10. The number of nitrogens with two attached hydrogens (primary N) is 1. The molecule has 0 atom stereocenters. The van der Waals surface area contributed by atoms with Gasteiger partial charge in [-0.2, -0.15) is 0 Å². The van der Waals surface area contributed by atoms with Crippen LogP contribution in [-0.4, -0.2) is 23.1 Å². The van der Waals surface area contributed by atoms with Crippen LogP contribution in [0.1, 0.15) is 25.5 Å². The van der Waals surface area contributed by atoms with E-state index in [0.29, 0.717) is 19.1 Å². The van der Waals surface area contributed by atoms with Gasteiger partial charge in [0.25, 0.3) is 0 Å². The van der Waals surface area contributed by atoms with Crippen molar-refractivity contribution in [1.82, 2.24) is 9.97 Å². The van der Waals surface area contributed by atoms with Gasteiger partial charge in [-0.3, -0.25) is 0 Å². The molecule has 1 aromatic carbocycles. The number of anilines is 2. The van der Waals surface area contributed by atoms with Crippen LogP contribution in [0.15, 0.2) is 36.7 Å². The number of nitrogens with one attached hydrogen (secondary N) is 1. The molecule has 5 heteroatoms. The number of hydrogen-bond acceptors (Lipinski definition) is 5. The van der Waals surface area contributed by atoms with Gasteiger partial charge in [-0.25, -0.2) is 9.97 Å². The number of hydrogen-bond donors (Lipinski definition) is 2. The maximum atomic E-state index is 5.50. The molecule has 0 bridgehead atoms. The Bertz CT molecular complexity index is 557. The van der Waals surface area contributed by atoms with Crippen LogP contribution in [0, 0.1) is 0 Å². The molecule has 0 spiro atoms. The Labute approximate surface area is 119 Å². The van der Waals surface area contributed by atoms with Gasteiger partial charge in [-0.15, -0.1) is 0 Å². The Morgan fingerprint density at radius 3 is 2.85 bits per heavy atom. The summed E-state index contributed by atoms with van der Waals surface area (Å²) < 4.78 is 5.50. The van der Waals surface area contributed by atoms with E-state index in [4.69, 9.17) is 10.5 Å². The van der Waals surface area contributed by atoms with Crippen molar-refractivity contribution >= 4 is 11.5 Å². The monoisotopic (exact) mass is 272 g/mol. The summed E-state index contributed by atoms with van der Waals surface area (Å²) in [5.74, 6) is 1.94. The Morgan fingerprint density at radius 1 is 1.25 bits per heavy atom. The third-order valence-electron chi connectivity index (χ3n) is 2.77. The first kappa shape index (κ1) is 14.3. The zero-order valence-corrected chi connectivity index (χ0v) is 11.8. The van der Waals surface area contributed by atoms with Crippen molar-refractivity contribution in [3.63, 3.8) is 0 Å². The average Bonchev–Trinajstić information content (AvgIpc) is 2.46. The summed E-state index contributed by atoms with van der Waals surface area (Å²) in [4.78, 5) is 8.47. The fourth-order valence-corrected chi connectivity index (χ4v) is 1.74. The van der Waals surface area contributed by atoms with Gasteiger partial charge in [0.1, 0.15) is 24.5 Å². The number of aromatic nitrogens is 2. The molecule has 0 fully saturated rings. The summed E-state index contributed by atoms with van der Waals surface area (Å²) >= 11 is 0. The average molecular weight is 272 g/mol. The molecule has 0 aliphatic carbocycles. The molecule has 0 amide bonds. The van der Waals surface area contributed by atoms with E-state index in [9.17, 15) is 0 Å². The molecule has 106 valence electrons. The molecule has 3 N–H and O–H groups in total. The normalized spacial score (nSPS) is 10.6. The highest BCUT2D eigenvalue weighted by Gasteiger charge is 2.04. The number of ether oxygens (including phenoxy) is 1. The van der Waals surface area contributed by atoms with Crippen LogP contribution in [0.5, 0.6) is 5.75 Å². The zero-order chi connectivity index (χ0) is 14.4. The van der Waals surface area contributed by atoms with Crippen molar-refractivity contribution in [2.75, 3.05) is 18.5 Å². The quantitative estimate of drug-likeness (QED) is 0.845. The van der Waals surface area contributed by atoms with E-state index in [2.05, 4.69) is 29.1 Å². The van der Waals surface area contributed by atoms with E-state index in [1.165, 1.54) is 0 Å². The van der Waals surface area contributed by atoms with Crippen LogP contribution in [0.25, 0.3) is 0 Å². The van der Waals surface area contributed by atoms with Crippen molar-refractivity contribution in [1.29, 1.82) is 0 Å². The summed E-state index contributed by atoms with van der Waals surface area (Å²) in [6.45, 7) is 5.22. The molecule has 2 rings (SSSR count). The van der Waals surface area contributed by atoms with Crippen molar-refractivity contribution in [3.05, 3.63) is 42.4 Å². The predicted molar refractivity (Wildman–Crippen MR) is 80.4 cm³/mol. The van der Waals surface area contributed by atoms with Crippen LogP contribution in [0.3, 0.4) is 0 Å². The van der Waals surface area contributed by atoms with Gasteiger partial charge >= 0.3 is 0 Å². The molecule has 5 nitrogen and oxygen atoms in total. The second-order valence-corrected chi connectivity index (χ2v) is 4.77. The van der Waals surface area contributed by atoms with Crippen molar-refractivity contribution in [3.8, 4) is 5.75 Å². The summed E-state index contributed by atoms with van der Waals surface area (Å²) in [6, 6.07) is 9.68. The topological polar surface area (TPSA) is 73.1 Å². The van der Waals surface area contributed by atoms with Gasteiger partial charge in [0.2, 0.25) is 0 Å². The molecule has 0 aliphatic heterocycles. The van der Waals surface area contributed by atoms with Gasteiger partial charge in [0.15, 0.2) is 0 Å². The van der Waals surface area contributed by atoms with Gasteiger partial charge in [0, 0.05) is 30.1 Å². The molecule has 20 heavy (non-hydrogen) atoms. The van der Waals surface area contributed by atoms with E-state index in [0.717, 1.165) is 22.9 Å². The first-order valence-corrected chi connectivity index (χ1v) is 6.71. The minimum Gasteiger partial charge on any atom is -0.492 e. The van der Waals surface area contributed by atoms with Gasteiger partial charge in [-0.1, -0.05) is 19.9 Å². The van der Waals surface area contributed by atoms with E-state index in [1.54, 1.807) is 6.33 Å². The summed E-state index contributed by atoms with van der Waals surface area (Å²) in [5, 5.41) is 3.25. The maximum Gasteiger partial charge on any atom is 0.134 e. The van der Waals surface area contributed by atoms with Crippen LogP contribution in [-0.2, 0) is 0 Å². The molecule has 0 unspecified atom stereocenters. The standard InChI is InChI=1S/C15H20N4O/c1-11(2)14-9-15(18-10-17-14)19-12-4-3-5-13(8-12)20-7-6-16/h3-5,8-11H,6-7,16H2,1-2H3,(H,17,18,19). The van der Waals surface area contributed by atoms with Gasteiger partial charge in [-0.05, 0) is 18.1 Å². The van der Waals surface area contributed by atoms with Crippen LogP contribution in [0.4, 0.5) is 11.5 Å². The van der Waals surface area contributed by atoms with E-state index in [1.807, 2.05) is 30.3 Å². The molecule has 2 aromatic rings. The van der Waals surface area contributed by atoms with Crippen molar-refractivity contribution < 1.29 is 4.74 Å². The molecule has 0 radical (unpaired) electrons. The van der Waals surface area contributed by atoms with Crippen LogP contribution >= 0.6 is 0 Å². The SMILES string of the molecule is CC(C)c1cc(Nc2cccc(OCCN)c2)ncn1. The highest BCUT2D eigenvalue weighted by molar-refractivity contribution is 5.58. The fraction of sp³-hybridized carbons (Fsp3) is 0.333. The molecular weight excluding hydrogens is 252 g/mol. The fourth-order valence-electron chi connectivity index (χ4n) is 1.74. The summed E-state index contributed by atoms with van der Waals surface area (Å²) in [7, 11) is 0. The smallest absolute Gasteiger partial charge is 0.134 e. The second-order valence-electron chi connectivity index (χ2n) is 4.77. The number of benzene rings is 1. The molecule has 0 aliphatic rings. The maximum absolute atomic E-state index is 5.50. The lowest BCUT2D eigenvalue weighted by molar-refractivity contribution is 0.328. The first-order chi connectivity index (χ1) is 9.69. The molecule has 1 aromatic heterocycles. The van der Waals surface area contributed by atoms with E-state index >= 15 is 0 Å². The Balaban J connectivity index is 2.11. The minimum absolute atomic E-state index is 0.373. The summed E-state index contributed by atoms with van der Waals surface area (Å²) in [5.41, 5.74) is 7.36. The van der Waals surface area contributed by atoms with Gasteiger partial charge < -0.3 is 15.8 Å². The molecular formula is C15H20N4O. The molecule has 0 saturated heterocycles. The highest BCUT2D eigenvalue weighted by atomic mass is 16.5. The minimum atomic E-state index is 0.373.